The summed E-state index contributed by atoms with van der Waals surface area (Å²) in [6.45, 7) is 9.11. The molecule has 0 spiro atoms. The maximum Gasteiger partial charge on any atom is 0.119 e. The van der Waals surface area contributed by atoms with E-state index < -0.39 is 0 Å². The second-order valence-corrected chi connectivity index (χ2v) is 12.7. The lowest BCUT2D eigenvalue weighted by molar-refractivity contribution is 0.304. The van der Waals surface area contributed by atoms with Gasteiger partial charge in [-0.05, 0) is 99.2 Å². The molecule has 0 aliphatic rings. The summed E-state index contributed by atoms with van der Waals surface area (Å²) in [5, 5.41) is 2.16. The van der Waals surface area contributed by atoms with Crippen molar-refractivity contribution in [2.75, 3.05) is 13.2 Å². The average molecular weight is 641 g/mol. The van der Waals surface area contributed by atoms with Crippen LogP contribution >= 0.6 is 0 Å². The Balaban J connectivity index is 1.17. The summed E-state index contributed by atoms with van der Waals surface area (Å²) in [5.41, 5.74) is 5.82. The number of benzene rings is 3. The molecule has 5 rings (SSSR count). The molecule has 2 aromatic heterocycles. The fraction of sp³-hybridized carbons (Fsp3) is 0.364. The summed E-state index contributed by atoms with van der Waals surface area (Å²) in [6.07, 6.45) is 21.2. The van der Waals surface area contributed by atoms with Crippen LogP contribution in [0.25, 0.3) is 44.3 Å². The summed E-state index contributed by atoms with van der Waals surface area (Å²) in [5.74, 6) is 1.81. The van der Waals surface area contributed by atoms with Crippen LogP contribution in [-0.2, 0) is 0 Å². The SMILES string of the molecule is C=CCCCCCCCCOc1ccc(-c2ccc3ccc4ccc(-c5ccc(OCCCCCCCCC=C)cc5)nc4c3n2)cc1. The van der Waals surface area contributed by atoms with Crippen molar-refractivity contribution in [3.05, 3.63) is 110 Å². The first-order valence-corrected chi connectivity index (χ1v) is 18.1. The summed E-state index contributed by atoms with van der Waals surface area (Å²) >= 11 is 0. The van der Waals surface area contributed by atoms with Gasteiger partial charge >= 0.3 is 0 Å². The number of aromatic nitrogens is 2. The van der Waals surface area contributed by atoms with Crippen LogP contribution < -0.4 is 9.47 Å². The van der Waals surface area contributed by atoms with Crippen molar-refractivity contribution in [1.29, 1.82) is 0 Å². The number of nitrogens with zero attached hydrogens (tertiary/aromatic N) is 2. The largest absolute Gasteiger partial charge is 0.494 e. The van der Waals surface area contributed by atoms with Crippen molar-refractivity contribution in [3.63, 3.8) is 0 Å². The van der Waals surface area contributed by atoms with Crippen molar-refractivity contribution in [3.8, 4) is 34.0 Å². The summed E-state index contributed by atoms with van der Waals surface area (Å²) < 4.78 is 12.1. The zero-order chi connectivity index (χ0) is 33.2. The van der Waals surface area contributed by atoms with Crippen molar-refractivity contribution < 1.29 is 9.47 Å². The van der Waals surface area contributed by atoms with Crippen LogP contribution in [0.2, 0.25) is 0 Å². The van der Waals surface area contributed by atoms with Gasteiger partial charge in [-0.25, -0.2) is 9.97 Å². The summed E-state index contributed by atoms with van der Waals surface area (Å²) in [4.78, 5) is 10.2. The molecule has 0 saturated carbocycles. The van der Waals surface area contributed by atoms with E-state index in [2.05, 4.69) is 98.1 Å². The van der Waals surface area contributed by atoms with Crippen molar-refractivity contribution in [2.24, 2.45) is 0 Å². The van der Waals surface area contributed by atoms with E-state index in [-0.39, 0.29) is 0 Å². The Morgan fingerprint density at radius 2 is 0.771 bits per heavy atom. The van der Waals surface area contributed by atoms with E-state index in [4.69, 9.17) is 19.4 Å². The fourth-order valence-electron chi connectivity index (χ4n) is 6.11. The zero-order valence-corrected chi connectivity index (χ0v) is 28.7. The van der Waals surface area contributed by atoms with E-state index >= 15 is 0 Å². The highest BCUT2D eigenvalue weighted by Gasteiger charge is 2.10. The molecule has 0 unspecified atom stereocenters. The van der Waals surface area contributed by atoms with Crippen molar-refractivity contribution >= 4 is 21.8 Å². The first kappa shape index (κ1) is 34.9. The van der Waals surface area contributed by atoms with Gasteiger partial charge in [-0.15, -0.1) is 13.2 Å². The van der Waals surface area contributed by atoms with Gasteiger partial charge in [0.15, 0.2) is 0 Å². The number of hydrogen-bond donors (Lipinski definition) is 0. The third-order valence-electron chi connectivity index (χ3n) is 8.96. The molecule has 0 bridgehead atoms. The van der Waals surface area contributed by atoms with E-state index in [1.165, 1.54) is 64.2 Å². The molecule has 2 heterocycles. The molecule has 0 amide bonds. The van der Waals surface area contributed by atoms with Crippen LogP contribution in [-0.4, -0.2) is 23.2 Å². The highest BCUT2D eigenvalue weighted by atomic mass is 16.5. The standard InChI is InChI=1S/C44H52N2O2/c1-3-5-7-9-11-13-15-17-33-47-39-27-21-35(22-28-39)41-31-25-37-19-20-38-26-32-42(46-44(38)43(37)45-41)36-23-29-40(30-24-36)48-34-18-16-14-12-10-8-6-4-2/h3-4,19-32H,1-2,5-18,33-34H2. The van der Waals surface area contributed by atoms with Gasteiger partial charge < -0.3 is 9.47 Å². The minimum Gasteiger partial charge on any atom is -0.494 e. The number of allylic oxidation sites excluding steroid dienone is 2. The number of rotatable bonds is 22. The number of pyridine rings is 2. The number of fused-ring (bicyclic) bond motifs is 3. The average Bonchev–Trinajstić information content (AvgIpc) is 3.13. The predicted molar refractivity (Wildman–Crippen MR) is 204 cm³/mol. The highest BCUT2D eigenvalue weighted by molar-refractivity contribution is 6.04. The molecule has 0 N–H and O–H groups in total. The van der Waals surface area contributed by atoms with Crippen LogP contribution in [0, 0.1) is 0 Å². The van der Waals surface area contributed by atoms with Crippen molar-refractivity contribution in [1.82, 2.24) is 9.97 Å². The number of hydrogen-bond acceptors (Lipinski definition) is 4. The topological polar surface area (TPSA) is 44.2 Å². The van der Waals surface area contributed by atoms with E-state index in [0.29, 0.717) is 0 Å². The Labute approximate surface area is 287 Å². The van der Waals surface area contributed by atoms with Gasteiger partial charge in [0, 0.05) is 21.9 Å². The first-order chi connectivity index (χ1) is 23.7. The van der Waals surface area contributed by atoms with Crippen LogP contribution in [0.5, 0.6) is 11.5 Å². The molecular formula is C44H52N2O2. The zero-order valence-electron chi connectivity index (χ0n) is 28.7. The normalized spacial score (nSPS) is 11.2. The van der Waals surface area contributed by atoms with Gasteiger partial charge in [-0.1, -0.05) is 87.8 Å². The smallest absolute Gasteiger partial charge is 0.119 e. The van der Waals surface area contributed by atoms with Gasteiger partial charge in [0.2, 0.25) is 0 Å². The summed E-state index contributed by atoms with van der Waals surface area (Å²) in [6, 6.07) is 29.3. The second kappa shape index (κ2) is 19.4. The molecule has 250 valence electrons. The fourth-order valence-corrected chi connectivity index (χ4v) is 6.11. The lowest BCUT2D eigenvalue weighted by Crippen LogP contribution is -1.97. The Kier molecular flexibility index (Phi) is 14.1. The second-order valence-electron chi connectivity index (χ2n) is 12.7. The van der Waals surface area contributed by atoms with Crippen LogP contribution in [0.4, 0.5) is 0 Å². The molecular weight excluding hydrogens is 588 g/mol. The number of unbranched alkanes of at least 4 members (excludes halogenated alkanes) is 12. The molecule has 48 heavy (non-hydrogen) atoms. The Hall–Kier alpha value is -4.44. The minimum atomic E-state index is 0.757. The maximum absolute atomic E-state index is 6.03. The third-order valence-corrected chi connectivity index (χ3v) is 8.96. The van der Waals surface area contributed by atoms with Gasteiger partial charge in [0.1, 0.15) is 11.5 Å². The van der Waals surface area contributed by atoms with E-state index in [0.717, 1.165) is 94.7 Å². The minimum absolute atomic E-state index is 0.757. The maximum atomic E-state index is 6.03. The monoisotopic (exact) mass is 640 g/mol. The van der Waals surface area contributed by atoms with Gasteiger partial charge in [0.05, 0.1) is 35.6 Å². The Bertz CT molecular complexity index is 1580. The van der Waals surface area contributed by atoms with Crippen LogP contribution in [0.3, 0.4) is 0 Å². The predicted octanol–water partition coefficient (Wildman–Crippen LogP) is 12.7. The van der Waals surface area contributed by atoms with Gasteiger partial charge in [-0.2, -0.15) is 0 Å². The van der Waals surface area contributed by atoms with E-state index in [9.17, 15) is 0 Å². The van der Waals surface area contributed by atoms with Gasteiger partial charge in [-0.3, -0.25) is 0 Å². The molecule has 4 heteroatoms. The van der Waals surface area contributed by atoms with E-state index in [1.807, 2.05) is 12.2 Å². The molecule has 5 aromatic rings. The molecule has 3 aromatic carbocycles. The Morgan fingerprint density at radius 3 is 1.17 bits per heavy atom. The number of ether oxygens (including phenoxy) is 2. The highest BCUT2D eigenvalue weighted by Crippen LogP contribution is 2.30. The molecule has 0 fully saturated rings. The molecule has 0 atom stereocenters. The quantitative estimate of drug-likeness (QED) is 0.0429. The third kappa shape index (κ3) is 10.5. The van der Waals surface area contributed by atoms with Crippen molar-refractivity contribution in [2.45, 2.75) is 89.9 Å². The van der Waals surface area contributed by atoms with Gasteiger partial charge in [0.25, 0.3) is 0 Å². The lowest BCUT2D eigenvalue weighted by Gasteiger charge is -2.10. The molecule has 0 aliphatic carbocycles. The first-order valence-electron chi connectivity index (χ1n) is 18.1. The molecule has 4 nitrogen and oxygen atoms in total. The Morgan fingerprint density at radius 1 is 0.417 bits per heavy atom. The lowest BCUT2D eigenvalue weighted by atomic mass is 10.1. The van der Waals surface area contributed by atoms with E-state index in [1.54, 1.807) is 0 Å². The van der Waals surface area contributed by atoms with Crippen LogP contribution in [0.1, 0.15) is 89.9 Å². The molecule has 0 aliphatic heterocycles. The molecule has 0 saturated heterocycles. The summed E-state index contributed by atoms with van der Waals surface area (Å²) in [7, 11) is 0. The molecule has 0 radical (unpaired) electrons. The van der Waals surface area contributed by atoms with Crippen LogP contribution in [0.15, 0.2) is 110 Å².